The summed E-state index contributed by atoms with van der Waals surface area (Å²) >= 11 is 0. The van der Waals surface area contributed by atoms with Gasteiger partial charge in [0.05, 0.1) is 77.4 Å². The Morgan fingerprint density at radius 3 is 1.31 bits per heavy atom. The average molecular weight is 1090 g/mol. The first kappa shape index (κ1) is 57.6. The lowest BCUT2D eigenvalue weighted by Crippen LogP contribution is -2.00. The van der Waals surface area contributed by atoms with Crippen LogP contribution in [0.4, 0.5) is 34.1 Å². The quantitative estimate of drug-likeness (QED) is 0.0265. The predicted octanol–water partition coefficient (Wildman–Crippen LogP) is 14.0. The molecule has 0 saturated carbocycles. The molecule has 0 saturated heterocycles. The number of non-ortho nitro benzene ring substituents is 1. The van der Waals surface area contributed by atoms with Gasteiger partial charge in [-0.15, -0.1) is 12.8 Å². The molecule has 81 heavy (non-hydrogen) atoms. The molecule has 5 aromatic carbocycles. The number of fused-ring (bicyclic) bond motifs is 8. The maximum atomic E-state index is 12.3. The summed E-state index contributed by atoms with van der Waals surface area (Å²) in [4.78, 5) is 43.8. The van der Waals surface area contributed by atoms with Gasteiger partial charge >= 0.3 is 0 Å². The Balaban J connectivity index is 1.43. The number of allylic oxidation sites excluding steroid dienone is 8. The Morgan fingerprint density at radius 1 is 0.519 bits per heavy atom. The number of phenolic OH excluding ortho intramolecular Hbond substituents is 4. The summed E-state index contributed by atoms with van der Waals surface area (Å²) in [6, 6.07) is 17.8. The minimum absolute atomic E-state index is 0.0737. The third-order valence-electron chi connectivity index (χ3n) is 12.5. The molecular weight excluding hydrogens is 1040 g/mol. The van der Waals surface area contributed by atoms with E-state index in [0.29, 0.717) is 43.2 Å². The number of azo groups is 4. The van der Waals surface area contributed by atoms with Crippen LogP contribution in [0, 0.1) is 65.1 Å². The molecule has 0 amide bonds. The number of hydrogen-bond acceptors (Lipinski definition) is 20. The number of aromatic hydroxyl groups is 4. The number of benzene rings is 5. The maximum Gasteiger partial charge on any atom is 0.279 e. The number of aryl methyl sites for hydroxylation is 2. The van der Waals surface area contributed by atoms with Crippen LogP contribution < -0.4 is 0 Å². The molecule has 0 aliphatic heterocycles. The molecule has 2 aliphatic carbocycles. The lowest BCUT2D eigenvalue weighted by molar-refractivity contribution is -0.419. The fraction of sp³-hybridized carbons (Fsp3) is 0.193. The van der Waals surface area contributed by atoms with E-state index >= 15 is 0 Å². The summed E-state index contributed by atoms with van der Waals surface area (Å²) < 4.78 is 0. The van der Waals surface area contributed by atoms with Crippen molar-refractivity contribution in [2.75, 3.05) is 0 Å². The zero-order valence-corrected chi connectivity index (χ0v) is 43.3. The zero-order chi connectivity index (χ0) is 58.3. The summed E-state index contributed by atoms with van der Waals surface area (Å²) in [5, 5.41) is 129. The van der Waals surface area contributed by atoms with E-state index in [2.05, 4.69) is 52.8 Å². The van der Waals surface area contributed by atoms with Crippen LogP contribution >= 0.6 is 0 Å². The monoisotopic (exact) mass is 1090 g/mol. The third kappa shape index (κ3) is 15.3. The summed E-state index contributed by atoms with van der Waals surface area (Å²) in [7, 11) is 0. The molecule has 7 rings (SSSR count). The van der Waals surface area contributed by atoms with Gasteiger partial charge in [0.15, 0.2) is 0 Å². The Kier molecular flexibility index (Phi) is 18.7. The van der Waals surface area contributed by atoms with Gasteiger partial charge in [-0.2, -0.15) is 40.9 Å². The van der Waals surface area contributed by atoms with Crippen molar-refractivity contribution < 1.29 is 40.1 Å². The zero-order valence-electron chi connectivity index (χ0n) is 43.3. The molecular formula is C57H48N12O12. The van der Waals surface area contributed by atoms with Crippen LogP contribution in [-0.2, 0) is 32.1 Å². The number of hydrogen-bond donors (Lipinski definition) is 4. The molecule has 8 bridgehead atoms. The SMILES string of the molecule is C#C/C=C(\C=C(/C)N=Nc1cc2c(O)c(c1)Cc1cc(N=NC3=CC([N+](=O)[O-])=CC3)cc(c1O)Cc1cc(N=N/C(C)=C/C(=C\C#C)[N+](=O)[O-])cc(c1O)Cc1cc(N=Nc3cccc([N+](=O)[O-])c3)cc(c1O)CCCCC2)[N+](=O)[O-]. The van der Waals surface area contributed by atoms with E-state index in [4.69, 9.17) is 12.8 Å². The highest BCUT2D eigenvalue weighted by molar-refractivity contribution is 5.62. The fourth-order valence-electron chi connectivity index (χ4n) is 8.64. The molecule has 0 radical (unpaired) electrons. The Labute approximate surface area is 461 Å². The van der Waals surface area contributed by atoms with Crippen molar-refractivity contribution in [3.05, 3.63) is 228 Å². The highest BCUT2D eigenvalue weighted by Gasteiger charge is 2.22. The normalized spacial score (nSPS) is 14.7. The van der Waals surface area contributed by atoms with Crippen LogP contribution in [-0.4, -0.2) is 40.1 Å². The van der Waals surface area contributed by atoms with E-state index in [-0.39, 0.29) is 139 Å². The number of nitrogens with zero attached hydrogens (tertiary/aromatic N) is 12. The van der Waals surface area contributed by atoms with Crippen LogP contribution in [0.25, 0.3) is 0 Å². The van der Waals surface area contributed by atoms with E-state index in [9.17, 15) is 60.9 Å². The second-order valence-electron chi connectivity index (χ2n) is 18.4. The number of rotatable bonds is 14. The number of nitro groups is 4. The second kappa shape index (κ2) is 26.3. The topological polar surface area (TPSA) is 352 Å². The van der Waals surface area contributed by atoms with Gasteiger partial charge in [-0.25, -0.2) is 0 Å². The third-order valence-corrected chi connectivity index (χ3v) is 12.5. The Hall–Kier alpha value is -11.1. The van der Waals surface area contributed by atoms with Crippen LogP contribution in [0.1, 0.15) is 84.0 Å². The lowest BCUT2D eigenvalue weighted by Gasteiger charge is -2.17. The lowest BCUT2D eigenvalue weighted by atomic mass is 9.91. The molecule has 0 fully saturated rings. The molecule has 0 spiro atoms. The van der Waals surface area contributed by atoms with Crippen molar-refractivity contribution in [3.63, 3.8) is 0 Å². The van der Waals surface area contributed by atoms with Gasteiger partial charge < -0.3 is 20.4 Å². The van der Waals surface area contributed by atoms with Crippen LogP contribution in [0.3, 0.4) is 0 Å². The smallest absolute Gasteiger partial charge is 0.279 e. The molecule has 0 unspecified atom stereocenters. The van der Waals surface area contributed by atoms with E-state index < -0.39 is 31.1 Å². The summed E-state index contributed by atoms with van der Waals surface area (Å²) in [6.07, 6.45) is 19.1. The minimum atomic E-state index is -0.694. The van der Waals surface area contributed by atoms with Gasteiger partial charge in [0.25, 0.3) is 22.8 Å². The summed E-state index contributed by atoms with van der Waals surface area (Å²) in [5.41, 5.74) is 2.32. The van der Waals surface area contributed by atoms with Crippen molar-refractivity contribution in [3.8, 4) is 47.7 Å². The first-order valence-corrected chi connectivity index (χ1v) is 24.6. The standard InChI is InChI=1S/C57H48N12O12/c1-5-11-50(66(74)75)19-34(3)58-62-46-24-36-13-8-7-9-14-37-25-47(64-60-44-15-10-16-52(32-44)68(78)79)27-39(55(37)71)22-40-28-48(63-59-35(4)20-51(12-6-2)67(76)77)29-42(56(40)72)23-43-31-49(65-61-45-17-18-53(33-45)69(80)81)30-41(57(43)73)21-38(26-46)54(36)70/h1-2,10-12,15-16,18-20,24-33,70-73H,7-9,13-14,17,21-23H2,3-4H3/b34-19+,35-20+,50-11+,51-12+,62-58?,63-59?,64-60?,65-61?. The van der Waals surface area contributed by atoms with Gasteiger partial charge in [0, 0.05) is 89.4 Å². The Bertz CT molecular complexity index is 3820. The molecule has 0 heterocycles. The van der Waals surface area contributed by atoms with Gasteiger partial charge in [0.2, 0.25) is 0 Å². The molecule has 5 aromatic rings. The number of phenols is 4. The van der Waals surface area contributed by atoms with Crippen molar-refractivity contribution in [1.82, 2.24) is 0 Å². The highest BCUT2D eigenvalue weighted by atomic mass is 16.6. The first-order valence-electron chi connectivity index (χ1n) is 24.6. The highest BCUT2D eigenvalue weighted by Crippen LogP contribution is 2.42. The predicted molar refractivity (Wildman–Crippen MR) is 296 cm³/mol. The van der Waals surface area contributed by atoms with E-state index in [1.54, 1.807) is 12.1 Å². The molecule has 2 aliphatic rings. The molecule has 408 valence electrons. The molecule has 0 atom stereocenters. The van der Waals surface area contributed by atoms with Crippen LogP contribution in [0.5, 0.6) is 23.0 Å². The van der Waals surface area contributed by atoms with Crippen molar-refractivity contribution >= 4 is 34.1 Å². The summed E-state index contributed by atoms with van der Waals surface area (Å²) in [6.45, 7) is 2.93. The van der Waals surface area contributed by atoms with E-state index in [1.807, 2.05) is 0 Å². The van der Waals surface area contributed by atoms with Gasteiger partial charge in [-0.3, -0.25) is 40.5 Å². The molecule has 4 N–H and O–H groups in total. The van der Waals surface area contributed by atoms with Gasteiger partial charge in [0.1, 0.15) is 23.0 Å². The molecule has 0 aromatic heterocycles. The average Bonchev–Trinajstić information content (AvgIpc) is 4.03. The molecule has 24 nitrogen and oxygen atoms in total. The van der Waals surface area contributed by atoms with Crippen molar-refractivity contribution in [1.29, 1.82) is 0 Å². The Morgan fingerprint density at radius 2 is 0.914 bits per heavy atom. The molecule has 24 heteroatoms. The van der Waals surface area contributed by atoms with Crippen molar-refractivity contribution in [2.24, 2.45) is 40.9 Å². The van der Waals surface area contributed by atoms with Crippen molar-refractivity contribution in [2.45, 2.75) is 71.6 Å². The van der Waals surface area contributed by atoms with Crippen LogP contribution in [0.15, 0.2) is 184 Å². The fourth-order valence-corrected chi connectivity index (χ4v) is 8.64. The van der Waals surface area contributed by atoms with Gasteiger partial charge in [-0.05, 0) is 111 Å². The van der Waals surface area contributed by atoms with Gasteiger partial charge in [-0.1, -0.05) is 24.3 Å². The van der Waals surface area contributed by atoms with E-state index in [1.165, 1.54) is 86.7 Å². The van der Waals surface area contributed by atoms with E-state index in [0.717, 1.165) is 24.3 Å². The minimum Gasteiger partial charge on any atom is -0.507 e. The summed E-state index contributed by atoms with van der Waals surface area (Å²) in [5.74, 6) is 3.35. The number of nitro benzene ring substituents is 1. The maximum absolute atomic E-state index is 12.3. The number of terminal acetylenes is 2. The largest absolute Gasteiger partial charge is 0.507 e. The first-order chi connectivity index (χ1) is 38.8. The van der Waals surface area contributed by atoms with Crippen LogP contribution in [0.2, 0.25) is 0 Å². The second-order valence-corrected chi connectivity index (χ2v) is 18.4.